The van der Waals surface area contributed by atoms with Crippen molar-refractivity contribution >= 4 is 0 Å². The number of hydrogen-bond acceptors (Lipinski definition) is 3. The molecule has 1 heterocycles. The SMILES string of the molecule is CC1(OCC[N+](C)(C)C)OO1.[H+]. The smallest absolute Gasteiger partial charge is 0.329 e. The minimum absolute atomic E-state index is 0. The number of ether oxygens (including phenoxy) is 1. The van der Waals surface area contributed by atoms with Crippen LogP contribution in [0.2, 0.25) is 0 Å². The van der Waals surface area contributed by atoms with Crippen molar-refractivity contribution in [1.82, 2.24) is 0 Å². The van der Waals surface area contributed by atoms with Gasteiger partial charge in [-0.2, -0.15) is 9.78 Å². The molecule has 1 aliphatic rings. The lowest BCUT2D eigenvalue weighted by atomic mass is 10.5. The zero-order valence-corrected chi connectivity index (χ0v) is 7.59. The first-order chi connectivity index (χ1) is 4.91. The molecule has 0 aromatic heterocycles. The van der Waals surface area contributed by atoms with Crippen molar-refractivity contribution in [2.75, 3.05) is 34.3 Å². The second-order valence-electron chi connectivity index (χ2n) is 3.89. The van der Waals surface area contributed by atoms with Gasteiger partial charge in [0.2, 0.25) is 0 Å². The Bertz CT molecular complexity index is 137. The van der Waals surface area contributed by atoms with E-state index in [1.54, 1.807) is 6.92 Å². The van der Waals surface area contributed by atoms with Crippen LogP contribution in [0.25, 0.3) is 0 Å². The molecule has 11 heavy (non-hydrogen) atoms. The van der Waals surface area contributed by atoms with E-state index in [1.807, 2.05) is 0 Å². The van der Waals surface area contributed by atoms with E-state index < -0.39 is 5.97 Å². The van der Waals surface area contributed by atoms with Gasteiger partial charge >= 0.3 is 7.40 Å². The minimum atomic E-state index is -0.741. The van der Waals surface area contributed by atoms with E-state index in [0.717, 1.165) is 11.0 Å². The third kappa shape index (κ3) is 3.67. The van der Waals surface area contributed by atoms with Crippen molar-refractivity contribution < 1.29 is 20.4 Å². The second kappa shape index (κ2) is 2.71. The first-order valence-electron chi connectivity index (χ1n) is 3.73. The van der Waals surface area contributed by atoms with E-state index in [4.69, 9.17) is 4.74 Å². The third-order valence-corrected chi connectivity index (χ3v) is 1.44. The molecule has 0 amide bonds. The molecule has 0 aromatic rings. The van der Waals surface area contributed by atoms with Gasteiger partial charge in [-0.15, -0.1) is 0 Å². The fourth-order valence-electron chi connectivity index (χ4n) is 0.612. The van der Waals surface area contributed by atoms with E-state index in [2.05, 4.69) is 30.9 Å². The fourth-order valence-corrected chi connectivity index (χ4v) is 0.612. The van der Waals surface area contributed by atoms with E-state index >= 15 is 0 Å². The van der Waals surface area contributed by atoms with Crippen LogP contribution in [0.1, 0.15) is 8.35 Å². The lowest BCUT2D eigenvalue weighted by Gasteiger charge is -2.23. The zero-order chi connectivity index (χ0) is 8.54. The number of nitrogens with zero attached hydrogens (tertiary/aromatic N) is 1. The van der Waals surface area contributed by atoms with Crippen molar-refractivity contribution in [2.24, 2.45) is 0 Å². The summed E-state index contributed by atoms with van der Waals surface area (Å²) in [5, 5.41) is 0. The highest BCUT2D eigenvalue weighted by molar-refractivity contribution is 4.49. The highest BCUT2D eigenvalue weighted by Crippen LogP contribution is 2.29. The van der Waals surface area contributed by atoms with Gasteiger partial charge in [0.15, 0.2) is 0 Å². The normalized spacial score (nSPS) is 21.8. The Labute approximate surface area is 68.6 Å². The van der Waals surface area contributed by atoms with Crippen LogP contribution in [0.15, 0.2) is 0 Å². The molecule has 1 fully saturated rings. The number of rotatable bonds is 4. The maximum Gasteiger partial charge on any atom is 1.00 e. The predicted molar refractivity (Wildman–Crippen MR) is 40.5 cm³/mol. The summed E-state index contributed by atoms with van der Waals surface area (Å²) < 4.78 is 6.14. The van der Waals surface area contributed by atoms with Crippen LogP contribution in [0, 0.1) is 0 Å². The molecule has 4 heteroatoms. The molecule has 0 unspecified atom stereocenters. The van der Waals surface area contributed by atoms with Gasteiger partial charge in [0.25, 0.3) is 0 Å². The van der Waals surface area contributed by atoms with Gasteiger partial charge in [0.05, 0.1) is 21.1 Å². The highest BCUT2D eigenvalue weighted by atomic mass is 17.4. The van der Waals surface area contributed by atoms with Gasteiger partial charge in [-0.05, 0) is 0 Å². The largest absolute Gasteiger partial charge is 1.00 e. The maximum absolute atomic E-state index is 5.26. The van der Waals surface area contributed by atoms with Crippen LogP contribution in [-0.4, -0.2) is 44.8 Å². The lowest BCUT2D eigenvalue weighted by molar-refractivity contribution is -0.871. The molecule has 0 aliphatic carbocycles. The summed E-state index contributed by atoms with van der Waals surface area (Å²) in [7, 11) is 6.33. The summed E-state index contributed by atoms with van der Waals surface area (Å²) >= 11 is 0. The van der Waals surface area contributed by atoms with E-state index in [9.17, 15) is 0 Å². The predicted octanol–water partition coefficient (Wildman–Crippen LogP) is 0.457. The standard InChI is InChI=1S/C7H16NO3/c1-7(10-11-7)9-6-5-8(2,3)4/h5-6H2,1-4H3/q+1/p+1. The molecule has 1 saturated heterocycles. The van der Waals surface area contributed by atoms with Crippen LogP contribution in [0.5, 0.6) is 0 Å². The second-order valence-corrected chi connectivity index (χ2v) is 3.89. The maximum atomic E-state index is 5.26. The van der Waals surface area contributed by atoms with E-state index in [0.29, 0.717) is 6.61 Å². The highest BCUT2D eigenvalue weighted by Gasteiger charge is 2.45. The van der Waals surface area contributed by atoms with Crippen molar-refractivity contribution in [1.29, 1.82) is 0 Å². The Balaban J connectivity index is 0.00000121. The average molecular weight is 163 g/mol. The summed E-state index contributed by atoms with van der Waals surface area (Å²) in [5.74, 6) is -0.741. The summed E-state index contributed by atoms with van der Waals surface area (Å²) in [4.78, 5) is 9.16. The molecule has 0 radical (unpaired) electrons. The topological polar surface area (TPSA) is 34.3 Å². The molecule has 66 valence electrons. The quantitative estimate of drug-likeness (QED) is 0.343. The fraction of sp³-hybridized carbons (Fsp3) is 1.00. The summed E-state index contributed by atoms with van der Waals surface area (Å²) in [6, 6.07) is 0. The molecule has 0 bridgehead atoms. The van der Waals surface area contributed by atoms with Crippen molar-refractivity contribution in [2.45, 2.75) is 12.9 Å². The molecule has 4 nitrogen and oxygen atoms in total. The van der Waals surface area contributed by atoms with Crippen LogP contribution in [-0.2, 0) is 14.5 Å². The van der Waals surface area contributed by atoms with Crippen molar-refractivity contribution in [3.05, 3.63) is 0 Å². The number of likely N-dealkylation sites (N-methyl/N-ethyl adjacent to an activating group) is 1. The molecule has 0 N–H and O–H groups in total. The molecule has 0 spiro atoms. The summed E-state index contributed by atoms with van der Waals surface area (Å²) in [5.41, 5.74) is 0. The third-order valence-electron chi connectivity index (χ3n) is 1.44. The van der Waals surface area contributed by atoms with Gasteiger partial charge in [-0.1, -0.05) is 0 Å². The molecular formula is C7H17NO3+2. The molecule has 1 rings (SSSR count). The van der Waals surface area contributed by atoms with E-state index in [1.165, 1.54) is 0 Å². The van der Waals surface area contributed by atoms with Gasteiger partial charge < -0.3 is 9.22 Å². The Kier molecular flexibility index (Phi) is 2.20. The van der Waals surface area contributed by atoms with Crippen molar-refractivity contribution in [3.63, 3.8) is 0 Å². The van der Waals surface area contributed by atoms with Gasteiger partial charge in [0, 0.05) is 6.92 Å². The summed E-state index contributed by atoms with van der Waals surface area (Å²) in [6.07, 6.45) is 0. The number of hydrogen-bond donors (Lipinski definition) is 0. The Morgan fingerprint density at radius 3 is 2.27 bits per heavy atom. The Morgan fingerprint density at radius 2 is 1.91 bits per heavy atom. The van der Waals surface area contributed by atoms with E-state index in [-0.39, 0.29) is 1.43 Å². The first-order valence-corrected chi connectivity index (χ1v) is 3.73. The average Bonchev–Trinajstić information content (AvgIpc) is 2.44. The Morgan fingerprint density at radius 1 is 1.36 bits per heavy atom. The molecular weight excluding hydrogens is 146 g/mol. The zero-order valence-electron chi connectivity index (χ0n) is 8.59. The van der Waals surface area contributed by atoms with Crippen LogP contribution >= 0.6 is 0 Å². The number of quaternary nitrogens is 1. The van der Waals surface area contributed by atoms with Crippen molar-refractivity contribution in [3.8, 4) is 0 Å². The monoisotopic (exact) mass is 163 g/mol. The van der Waals surface area contributed by atoms with Crippen LogP contribution in [0.3, 0.4) is 0 Å². The first kappa shape index (κ1) is 8.93. The van der Waals surface area contributed by atoms with Crippen LogP contribution in [0.4, 0.5) is 0 Å². The molecule has 0 atom stereocenters. The van der Waals surface area contributed by atoms with Gasteiger partial charge in [0.1, 0.15) is 13.2 Å². The molecule has 1 aliphatic heterocycles. The Hall–Kier alpha value is -0.160. The molecule has 0 saturated carbocycles. The lowest BCUT2D eigenvalue weighted by Crippen LogP contribution is -2.38. The summed E-state index contributed by atoms with van der Waals surface area (Å²) in [6.45, 7) is 3.35. The molecule has 0 aromatic carbocycles. The van der Waals surface area contributed by atoms with Crippen LogP contribution < -0.4 is 0 Å². The van der Waals surface area contributed by atoms with Gasteiger partial charge in [-0.25, -0.2) is 0 Å². The van der Waals surface area contributed by atoms with Gasteiger partial charge in [-0.3, -0.25) is 0 Å². The minimum Gasteiger partial charge on any atom is -0.329 e.